The number of nitrogens with zero attached hydrogens (tertiary/aromatic N) is 2. The molecule has 29 heavy (non-hydrogen) atoms. The Morgan fingerprint density at radius 1 is 0.931 bits per heavy atom. The van der Waals surface area contributed by atoms with Crippen LogP contribution in [0.5, 0.6) is 0 Å². The second-order valence-corrected chi connectivity index (χ2v) is 6.75. The monoisotopic (exact) mass is 384 g/mol. The van der Waals surface area contributed by atoms with E-state index in [0.29, 0.717) is 30.5 Å². The highest BCUT2D eigenvalue weighted by Crippen LogP contribution is 2.15. The third kappa shape index (κ3) is 4.41. The van der Waals surface area contributed by atoms with E-state index in [4.69, 9.17) is 4.42 Å². The minimum absolute atomic E-state index is 0.0395. The molecule has 4 rings (SSSR count). The van der Waals surface area contributed by atoms with Gasteiger partial charge in [0.1, 0.15) is 5.58 Å². The first kappa shape index (κ1) is 18.6. The van der Waals surface area contributed by atoms with Crippen molar-refractivity contribution in [1.29, 1.82) is 0 Å². The van der Waals surface area contributed by atoms with Gasteiger partial charge in [-0.3, -0.25) is 14.6 Å². The Balaban J connectivity index is 1.64. The molecule has 1 amide bonds. The molecule has 2 aromatic heterocycles. The molecular formula is C24H20N2O3. The van der Waals surface area contributed by atoms with Gasteiger partial charge in [-0.15, -0.1) is 0 Å². The molecule has 0 radical (unpaired) electrons. The molecule has 0 fully saturated rings. The zero-order valence-electron chi connectivity index (χ0n) is 15.8. The summed E-state index contributed by atoms with van der Waals surface area (Å²) in [5.74, 6) is -0.285. The third-order valence-electron chi connectivity index (χ3n) is 4.72. The predicted molar refractivity (Wildman–Crippen MR) is 112 cm³/mol. The normalized spacial score (nSPS) is 10.8. The maximum Gasteiger partial charge on any atom is 0.290 e. The van der Waals surface area contributed by atoms with Gasteiger partial charge in [-0.2, -0.15) is 0 Å². The molecule has 144 valence electrons. The highest BCUT2D eigenvalue weighted by Gasteiger charge is 2.20. The van der Waals surface area contributed by atoms with Crippen LogP contribution in [-0.4, -0.2) is 22.3 Å². The lowest BCUT2D eigenvalue weighted by Gasteiger charge is -2.22. The Bertz CT molecular complexity index is 1170. The van der Waals surface area contributed by atoms with Gasteiger partial charge < -0.3 is 9.32 Å². The van der Waals surface area contributed by atoms with Crippen LogP contribution in [0.4, 0.5) is 0 Å². The van der Waals surface area contributed by atoms with E-state index in [2.05, 4.69) is 4.98 Å². The zero-order valence-corrected chi connectivity index (χ0v) is 15.8. The van der Waals surface area contributed by atoms with E-state index >= 15 is 0 Å². The fraction of sp³-hybridized carbons (Fsp3) is 0.125. The quantitative estimate of drug-likeness (QED) is 0.503. The SMILES string of the molecule is O=C(c1cc(=O)c2ccccc2o1)N(CCc1ccccc1)Cc1ccccn1. The van der Waals surface area contributed by atoms with Gasteiger partial charge in [0, 0.05) is 18.8 Å². The number of carbonyl (C=O) groups excluding carboxylic acids is 1. The topological polar surface area (TPSA) is 63.4 Å². The summed E-state index contributed by atoms with van der Waals surface area (Å²) in [5.41, 5.74) is 2.09. The van der Waals surface area contributed by atoms with Gasteiger partial charge >= 0.3 is 0 Å². The van der Waals surface area contributed by atoms with Crippen molar-refractivity contribution in [3.05, 3.63) is 112 Å². The van der Waals surface area contributed by atoms with Crippen molar-refractivity contribution in [3.63, 3.8) is 0 Å². The smallest absolute Gasteiger partial charge is 0.290 e. The predicted octanol–water partition coefficient (Wildman–Crippen LogP) is 4.07. The molecule has 0 aliphatic heterocycles. The van der Waals surface area contributed by atoms with Crippen LogP contribution in [-0.2, 0) is 13.0 Å². The molecule has 0 N–H and O–H groups in total. The molecule has 0 unspecified atom stereocenters. The Kier molecular flexibility index (Phi) is 5.47. The Labute approximate surface area is 168 Å². The number of rotatable bonds is 6. The Morgan fingerprint density at radius 3 is 2.48 bits per heavy atom. The van der Waals surface area contributed by atoms with Gasteiger partial charge in [0.2, 0.25) is 0 Å². The van der Waals surface area contributed by atoms with Crippen molar-refractivity contribution < 1.29 is 9.21 Å². The average molecular weight is 384 g/mol. The van der Waals surface area contributed by atoms with Crippen molar-refractivity contribution in [2.45, 2.75) is 13.0 Å². The van der Waals surface area contributed by atoms with E-state index in [-0.39, 0.29) is 17.1 Å². The number of fused-ring (bicyclic) bond motifs is 1. The first-order valence-electron chi connectivity index (χ1n) is 9.47. The molecule has 0 spiro atoms. The van der Waals surface area contributed by atoms with E-state index < -0.39 is 0 Å². The van der Waals surface area contributed by atoms with Crippen molar-refractivity contribution >= 4 is 16.9 Å². The number of amides is 1. The minimum atomic E-state index is -0.325. The summed E-state index contributed by atoms with van der Waals surface area (Å²) in [4.78, 5) is 31.7. The summed E-state index contributed by atoms with van der Waals surface area (Å²) in [6.07, 6.45) is 2.39. The number of hydrogen-bond acceptors (Lipinski definition) is 4. The van der Waals surface area contributed by atoms with Crippen LogP contribution >= 0.6 is 0 Å². The van der Waals surface area contributed by atoms with E-state index in [1.54, 1.807) is 35.4 Å². The van der Waals surface area contributed by atoms with Crippen LogP contribution in [0.2, 0.25) is 0 Å². The summed E-state index contributed by atoms with van der Waals surface area (Å²) >= 11 is 0. The molecule has 4 aromatic rings. The summed E-state index contributed by atoms with van der Waals surface area (Å²) in [5, 5.41) is 0.463. The van der Waals surface area contributed by atoms with E-state index in [1.165, 1.54) is 6.07 Å². The van der Waals surface area contributed by atoms with Crippen molar-refractivity contribution in [2.24, 2.45) is 0 Å². The first-order valence-corrected chi connectivity index (χ1v) is 9.47. The van der Waals surface area contributed by atoms with E-state index in [1.807, 2.05) is 48.5 Å². The van der Waals surface area contributed by atoms with Gasteiger partial charge in [0.05, 0.1) is 17.6 Å². The fourth-order valence-electron chi connectivity index (χ4n) is 3.21. The molecule has 2 heterocycles. The van der Waals surface area contributed by atoms with Gasteiger partial charge in [0.15, 0.2) is 11.2 Å². The van der Waals surface area contributed by atoms with E-state index in [0.717, 1.165) is 11.3 Å². The molecule has 0 aliphatic carbocycles. The molecule has 0 saturated carbocycles. The van der Waals surface area contributed by atoms with Gasteiger partial charge in [-0.1, -0.05) is 48.5 Å². The van der Waals surface area contributed by atoms with Crippen molar-refractivity contribution in [2.75, 3.05) is 6.54 Å². The number of carbonyl (C=O) groups is 1. The van der Waals surface area contributed by atoms with Crippen LogP contribution in [0.25, 0.3) is 11.0 Å². The summed E-state index contributed by atoms with van der Waals surface area (Å²) in [6.45, 7) is 0.818. The van der Waals surface area contributed by atoms with Gasteiger partial charge in [0.25, 0.3) is 5.91 Å². The second-order valence-electron chi connectivity index (χ2n) is 6.75. The average Bonchev–Trinajstić information content (AvgIpc) is 2.77. The number of benzene rings is 2. The maximum absolute atomic E-state index is 13.2. The molecule has 0 saturated heterocycles. The third-order valence-corrected chi connectivity index (χ3v) is 4.72. The molecule has 0 atom stereocenters. The first-order chi connectivity index (χ1) is 14.2. The lowest BCUT2D eigenvalue weighted by Crippen LogP contribution is -2.33. The van der Waals surface area contributed by atoms with E-state index in [9.17, 15) is 9.59 Å². The number of hydrogen-bond donors (Lipinski definition) is 0. The summed E-state index contributed by atoms with van der Waals surface area (Å²) in [6, 6.07) is 23.8. The molecule has 0 bridgehead atoms. The van der Waals surface area contributed by atoms with Gasteiger partial charge in [-0.05, 0) is 36.2 Å². The maximum atomic E-state index is 13.2. The summed E-state index contributed by atoms with van der Waals surface area (Å²) in [7, 11) is 0. The summed E-state index contributed by atoms with van der Waals surface area (Å²) < 4.78 is 5.76. The largest absolute Gasteiger partial charge is 0.451 e. The fourth-order valence-corrected chi connectivity index (χ4v) is 3.21. The minimum Gasteiger partial charge on any atom is -0.451 e. The Morgan fingerprint density at radius 2 is 1.69 bits per heavy atom. The lowest BCUT2D eigenvalue weighted by molar-refractivity contribution is 0.0711. The number of aromatic nitrogens is 1. The Hall–Kier alpha value is -3.73. The molecule has 5 heteroatoms. The standard InChI is InChI=1S/C24H20N2O3/c27-21-16-23(29-22-12-5-4-11-20(21)22)24(28)26(17-19-10-6-7-14-25-19)15-13-18-8-2-1-3-9-18/h1-12,14,16H,13,15,17H2. The molecule has 2 aromatic carbocycles. The zero-order chi connectivity index (χ0) is 20.1. The van der Waals surface area contributed by atoms with Crippen LogP contribution in [0.3, 0.4) is 0 Å². The van der Waals surface area contributed by atoms with Crippen molar-refractivity contribution in [1.82, 2.24) is 9.88 Å². The van der Waals surface area contributed by atoms with Crippen molar-refractivity contribution in [3.8, 4) is 0 Å². The van der Waals surface area contributed by atoms with Crippen LogP contribution in [0, 0.1) is 0 Å². The van der Waals surface area contributed by atoms with Crippen LogP contribution in [0.15, 0.2) is 94.3 Å². The second kappa shape index (κ2) is 8.52. The van der Waals surface area contributed by atoms with Crippen LogP contribution in [0.1, 0.15) is 21.8 Å². The molecule has 5 nitrogen and oxygen atoms in total. The molecular weight excluding hydrogens is 364 g/mol. The molecule has 0 aliphatic rings. The number of para-hydroxylation sites is 1. The number of pyridine rings is 1. The highest BCUT2D eigenvalue weighted by molar-refractivity contribution is 5.93. The van der Waals surface area contributed by atoms with Gasteiger partial charge in [-0.25, -0.2) is 0 Å². The lowest BCUT2D eigenvalue weighted by atomic mass is 10.1. The van der Waals surface area contributed by atoms with Crippen LogP contribution < -0.4 is 5.43 Å². The highest BCUT2D eigenvalue weighted by atomic mass is 16.3.